The van der Waals surface area contributed by atoms with Gasteiger partial charge in [-0.1, -0.05) is 11.6 Å². The van der Waals surface area contributed by atoms with Gasteiger partial charge in [0.15, 0.2) is 17.3 Å². The summed E-state index contributed by atoms with van der Waals surface area (Å²) >= 11 is 6.01. The summed E-state index contributed by atoms with van der Waals surface area (Å²) in [6.07, 6.45) is 5.15. The number of fused-ring (bicyclic) bond motifs is 3. The second kappa shape index (κ2) is 6.53. The number of benzene rings is 1. The molecule has 2 aliphatic rings. The summed E-state index contributed by atoms with van der Waals surface area (Å²) in [7, 11) is 0. The van der Waals surface area contributed by atoms with Gasteiger partial charge < -0.3 is 9.15 Å². The minimum absolute atomic E-state index is 0.0720. The van der Waals surface area contributed by atoms with Crippen LogP contribution < -0.4 is 4.74 Å². The Morgan fingerprint density at radius 3 is 2.80 bits per heavy atom. The van der Waals surface area contributed by atoms with E-state index in [1.54, 1.807) is 29.2 Å². The first-order chi connectivity index (χ1) is 14.7. The lowest BCUT2D eigenvalue weighted by Gasteiger charge is -2.30. The first-order valence-electron chi connectivity index (χ1n) is 9.68. The maximum Gasteiger partial charge on any atom is 0.228 e. The van der Waals surface area contributed by atoms with Crippen molar-refractivity contribution in [3.63, 3.8) is 0 Å². The van der Waals surface area contributed by atoms with Crippen molar-refractivity contribution < 1.29 is 13.9 Å². The highest BCUT2D eigenvalue weighted by atomic mass is 35.5. The van der Waals surface area contributed by atoms with Crippen LogP contribution in [0.2, 0.25) is 5.02 Å². The molecule has 0 saturated carbocycles. The molecule has 0 fully saturated rings. The predicted molar refractivity (Wildman–Crippen MR) is 108 cm³/mol. The van der Waals surface area contributed by atoms with Crippen molar-refractivity contribution in [3.05, 3.63) is 76.7 Å². The Labute approximate surface area is 176 Å². The van der Waals surface area contributed by atoms with Gasteiger partial charge in [-0.3, -0.25) is 4.79 Å². The highest BCUT2D eigenvalue weighted by Crippen LogP contribution is 2.47. The van der Waals surface area contributed by atoms with E-state index in [9.17, 15) is 4.79 Å². The van der Waals surface area contributed by atoms with E-state index in [0.29, 0.717) is 57.9 Å². The zero-order valence-electron chi connectivity index (χ0n) is 15.7. The number of allylic oxidation sites excluding steroid dienone is 2. The van der Waals surface area contributed by atoms with Gasteiger partial charge in [0, 0.05) is 29.0 Å². The van der Waals surface area contributed by atoms with Crippen molar-refractivity contribution in [2.75, 3.05) is 0 Å². The maximum absolute atomic E-state index is 12.9. The molecule has 6 rings (SSSR count). The number of hydrogen-bond acceptors (Lipinski definition) is 6. The summed E-state index contributed by atoms with van der Waals surface area (Å²) in [4.78, 5) is 22.1. The van der Waals surface area contributed by atoms with Crippen molar-refractivity contribution in [1.82, 2.24) is 19.6 Å². The molecular weight excluding hydrogens is 404 g/mol. The van der Waals surface area contributed by atoms with Gasteiger partial charge in [0.1, 0.15) is 17.8 Å². The van der Waals surface area contributed by atoms with E-state index >= 15 is 0 Å². The fourth-order valence-corrected chi connectivity index (χ4v) is 4.30. The molecule has 148 valence electrons. The number of aromatic nitrogens is 4. The number of carbonyl (C=O) groups excluding carboxylic acids is 1. The van der Waals surface area contributed by atoms with E-state index < -0.39 is 5.92 Å². The van der Waals surface area contributed by atoms with Crippen molar-refractivity contribution in [3.8, 4) is 17.3 Å². The summed E-state index contributed by atoms with van der Waals surface area (Å²) < 4.78 is 13.4. The van der Waals surface area contributed by atoms with Gasteiger partial charge in [-0.05, 0) is 42.8 Å². The minimum atomic E-state index is -0.426. The molecule has 1 aliphatic heterocycles. The van der Waals surface area contributed by atoms with Crippen LogP contribution in [0.25, 0.3) is 17.0 Å². The molecule has 0 saturated heterocycles. The molecule has 0 unspecified atom stereocenters. The number of furan rings is 1. The SMILES string of the molecule is O=C1CCCC2=C1[C@H](c1ccco1)c1c(ncn3nc(-c4ccc(Cl)cc4)nc13)O2. The number of ether oxygens (including phenoxy) is 1. The summed E-state index contributed by atoms with van der Waals surface area (Å²) in [6, 6.07) is 11.0. The molecule has 1 aliphatic carbocycles. The Hall–Kier alpha value is -3.45. The highest BCUT2D eigenvalue weighted by molar-refractivity contribution is 6.30. The summed E-state index contributed by atoms with van der Waals surface area (Å²) in [6.45, 7) is 0. The molecule has 0 N–H and O–H groups in total. The predicted octanol–water partition coefficient (Wildman–Crippen LogP) is 4.57. The first-order valence-corrected chi connectivity index (χ1v) is 10.1. The van der Waals surface area contributed by atoms with Crippen LogP contribution in [0.1, 0.15) is 36.5 Å². The molecular formula is C22H15ClN4O3. The quantitative estimate of drug-likeness (QED) is 0.474. The third-order valence-electron chi connectivity index (χ3n) is 5.52. The number of rotatable bonds is 2. The van der Waals surface area contributed by atoms with Crippen LogP contribution in [0, 0.1) is 0 Å². The Balaban J connectivity index is 1.59. The normalized spacial score (nSPS) is 18.3. The second-order valence-electron chi connectivity index (χ2n) is 7.34. The number of hydrogen-bond donors (Lipinski definition) is 0. The molecule has 0 spiro atoms. The fourth-order valence-electron chi connectivity index (χ4n) is 4.18. The van der Waals surface area contributed by atoms with Crippen LogP contribution in [0.4, 0.5) is 0 Å². The van der Waals surface area contributed by atoms with Gasteiger partial charge in [-0.25, -0.2) is 14.5 Å². The van der Waals surface area contributed by atoms with Crippen LogP contribution in [-0.4, -0.2) is 25.4 Å². The first kappa shape index (κ1) is 17.4. The third-order valence-corrected chi connectivity index (χ3v) is 5.77. The van der Waals surface area contributed by atoms with Gasteiger partial charge >= 0.3 is 0 Å². The zero-order chi connectivity index (χ0) is 20.2. The van der Waals surface area contributed by atoms with Crippen LogP contribution in [-0.2, 0) is 4.79 Å². The number of ketones is 1. The lowest BCUT2D eigenvalue weighted by atomic mass is 9.80. The van der Waals surface area contributed by atoms with E-state index in [2.05, 4.69) is 10.1 Å². The molecule has 3 aromatic heterocycles. The standard InChI is InChI=1S/C22H15ClN4O3/c23-13-8-6-12(7-9-13)20-25-21-19-18(15-5-2-10-29-15)17-14(28)3-1-4-16(17)30-22(19)24-11-27(21)26-20/h2,5-11,18H,1,3-4H2/t18-/m0/s1. The van der Waals surface area contributed by atoms with Crippen molar-refractivity contribution >= 4 is 23.0 Å². The fraction of sp³-hybridized carbons (Fsp3) is 0.182. The second-order valence-corrected chi connectivity index (χ2v) is 7.77. The van der Waals surface area contributed by atoms with Crippen molar-refractivity contribution in [2.24, 2.45) is 0 Å². The largest absolute Gasteiger partial charge is 0.468 e. The smallest absolute Gasteiger partial charge is 0.228 e. The minimum Gasteiger partial charge on any atom is -0.468 e. The van der Waals surface area contributed by atoms with Crippen molar-refractivity contribution in [1.29, 1.82) is 0 Å². The molecule has 7 nitrogen and oxygen atoms in total. The van der Waals surface area contributed by atoms with Gasteiger partial charge in [0.25, 0.3) is 0 Å². The van der Waals surface area contributed by atoms with E-state index in [1.165, 1.54) is 0 Å². The Morgan fingerprint density at radius 2 is 2.00 bits per heavy atom. The summed E-state index contributed by atoms with van der Waals surface area (Å²) in [5.74, 6) is 1.96. The molecule has 1 atom stereocenters. The molecule has 4 aromatic rings. The van der Waals surface area contributed by atoms with Gasteiger partial charge in [-0.15, -0.1) is 5.10 Å². The molecule has 30 heavy (non-hydrogen) atoms. The summed E-state index contributed by atoms with van der Waals surface area (Å²) in [5.41, 5.74) is 2.73. The third kappa shape index (κ3) is 2.59. The van der Waals surface area contributed by atoms with Gasteiger partial charge in [-0.2, -0.15) is 0 Å². The number of Topliss-reactive ketones (excluding diaryl/α,β-unsaturated/α-hetero) is 1. The average Bonchev–Trinajstić information content (AvgIpc) is 3.43. The van der Waals surface area contributed by atoms with Crippen LogP contribution >= 0.6 is 11.6 Å². The van der Waals surface area contributed by atoms with E-state index in [-0.39, 0.29) is 5.78 Å². The van der Waals surface area contributed by atoms with Gasteiger partial charge in [0.2, 0.25) is 5.88 Å². The molecule has 1 aromatic carbocycles. The molecule has 0 radical (unpaired) electrons. The Bertz CT molecular complexity index is 1320. The van der Waals surface area contributed by atoms with Gasteiger partial charge in [0.05, 0.1) is 17.7 Å². The van der Waals surface area contributed by atoms with Crippen LogP contribution in [0.5, 0.6) is 5.88 Å². The zero-order valence-corrected chi connectivity index (χ0v) is 16.5. The monoisotopic (exact) mass is 418 g/mol. The lowest BCUT2D eigenvalue weighted by Crippen LogP contribution is -2.26. The summed E-state index contributed by atoms with van der Waals surface area (Å²) in [5, 5.41) is 5.21. The topological polar surface area (TPSA) is 82.5 Å². The highest BCUT2D eigenvalue weighted by Gasteiger charge is 2.40. The Kier molecular flexibility index (Phi) is 3.79. The van der Waals surface area contributed by atoms with Crippen LogP contribution in [0.3, 0.4) is 0 Å². The van der Waals surface area contributed by atoms with E-state index in [1.807, 2.05) is 24.3 Å². The number of nitrogens with zero attached hydrogens (tertiary/aromatic N) is 4. The van der Waals surface area contributed by atoms with E-state index in [4.69, 9.17) is 25.7 Å². The molecule has 0 amide bonds. The van der Waals surface area contributed by atoms with Crippen LogP contribution in [0.15, 0.2) is 64.7 Å². The molecule has 0 bridgehead atoms. The average molecular weight is 419 g/mol. The maximum atomic E-state index is 12.9. The lowest BCUT2D eigenvalue weighted by molar-refractivity contribution is -0.116. The Morgan fingerprint density at radius 1 is 1.13 bits per heavy atom. The van der Waals surface area contributed by atoms with E-state index in [0.717, 1.165) is 12.0 Å². The molecule has 8 heteroatoms. The molecule has 4 heterocycles. The van der Waals surface area contributed by atoms with Crippen molar-refractivity contribution in [2.45, 2.75) is 25.2 Å². The number of halogens is 1. The number of carbonyl (C=O) groups is 1.